The van der Waals surface area contributed by atoms with Crippen LogP contribution in [0.3, 0.4) is 0 Å². The van der Waals surface area contributed by atoms with Crippen molar-refractivity contribution in [3.63, 3.8) is 0 Å². The first-order valence-electron chi connectivity index (χ1n) is 8.95. The Balaban J connectivity index is 1.84. The molecular weight excluding hydrogens is 272 g/mol. The van der Waals surface area contributed by atoms with E-state index in [4.69, 9.17) is 0 Å². The highest BCUT2D eigenvalue weighted by Gasteiger charge is 2.51. The zero-order chi connectivity index (χ0) is 14.9. The number of piperazine rings is 1. The summed E-state index contributed by atoms with van der Waals surface area (Å²) in [6.45, 7) is 12.6. The molecule has 0 bridgehead atoms. The van der Waals surface area contributed by atoms with Gasteiger partial charge in [-0.15, -0.1) is 0 Å². The summed E-state index contributed by atoms with van der Waals surface area (Å²) in [7, 11) is -1.37. The monoisotopic (exact) mass is 304 g/mol. The van der Waals surface area contributed by atoms with Gasteiger partial charge in [-0.1, -0.05) is 57.2 Å². The van der Waals surface area contributed by atoms with Gasteiger partial charge in [-0.05, 0) is 29.7 Å². The molecule has 2 fully saturated rings. The van der Waals surface area contributed by atoms with Crippen LogP contribution in [0.2, 0.25) is 18.6 Å². The standard InChI is InChI=1S/C18H32N2Si/c1-4-7-16-14-15-8-5-6-9-17(15)18(16)21(2,3)20-12-10-19-11-13-20/h5-6,8-9,15-19H,4,7,10-14H2,1-3H3. The van der Waals surface area contributed by atoms with Gasteiger partial charge in [0.05, 0.1) is 0 Å². The second-order valence-electron chi connectivity index (χ2n) is 7.71. The van der Waals surface area contributed by atoms with Crippen LogP contribution in [0.1, 0.15) is 26.2 Å². The van der Waals surface area contributed by atoms with Crippen molar-refractivity contribution in [2.75, 3.05) is 26.2 Å². The van der Waals surface area contributed by atoms with Crippen molar-refractivity contribution in [1.82, 2.24) is 9.88 Å². The quantitative estimate of drug-likeness (QED) is 0.798. The molecule has 0 aromatic carbocycles. The number of hydrogen-bond donors (Lipinski definition) is 1. The smallest absolute Gasteiger partial charge is 0.126 e. The SMILES string of the molecule is CCCC1CC2C=CC=CC2C1[Si](C)(C)N1CCNCC1. The van der Waals surface area contributed by atoms with E-state index in [1.54, 1.807) is 0 Å². The van der Waals surface area contributed by atoms with Crippen LogP contribution in [0.15, 0.2) is 24.3 Å². The van der Waals surface area contributed by atoms with E-state index in [0.29, 0.717) is 0 Å². The zero-order valence-electron chi connectivity index (χ0n) is 14.0. The van der Waals surface area contributed by atoms with E-state index in [-0.39, 0.29) is 0 Å². The Labute approximate surface area is 131 Å². The Morgan fingerprint density at radius 3 is 2.57 bits per heavy atom. The molecule has 0 radical (unpaired) electrons. The van der Waals surface area contributed by atoms with E-state index < -0.39 is 8.24 Å². The summed E-state index contributed by atoms with van der Waals surface area (Å²) < 4.78 is 2.89. The third-order valence-electron chi connectivity index (χ3n) is 6.20. The molecule has 3 heteroatoms. The van der Waals surface area contributed by atoms with Crippen molar-refractivity contribution in [2.24, 2.45) is 17.8 Å². The van der Waals surface area contributed by atoms with Crippen molar-refractivity contribution in [3.05, 3.63) is 24.3 Å². The van der Waals surface area contributed by atoms with E-state index in [1.165, 1.54) is 45.4 Å². The lowest BCUT2D eigenvalue weighted by Gasteiger charge is -2.47. The number of allylic oxidation sites excluding steroid dienone is 4. The van der Waals surface area contributed by atoms with Gasteiger partial charge in [0.2, 0.25) is 0 Å². The van der Waals surface area contributed by atoms with Crippen LogP contribution in [0.4, 0.5) is 0 Å². The molecular formula is C18H32N2Si. The Kier molecular flexibility index (Phi) is 4.72. The fraction of sp³-hybridized carbons (Fsp3) is 0.778. The molecule has 2 aliphatic carbocycles. The average molecular weight is 305 g/mol. The summed E-state index contributed by atoms with van der Waals surface area (Å²) in [6.07, 6.45) is 13.8. The van der Waals surface area contributed by atoms with Crippen LogP contribution < -0.4 is 5.32 Å². The Morgan fingerprint density at radius 2 is 1.86 bits per heavy atom. The summed E-state index contributed by atoms with van der Waals surface area (Å²) >= 11 is 0. The predicted molar refractivity (Wildman–Crippen MR) is 93.9 cm³/mol. The zero-order valence-corrected chi connectivity index (χ0v) is 15.0. The normalized spacial score (nSPS) is 36.9. The number of hydrogen-bond acceptors (Lipinski definition) is 2. The highest BCUT2D eigenvalue weighted by Crippen LogP contribution is 2.55. The van der Waals surface area contributed by atoms with Gasteiger partial charge in [0, 0.05) is 26.2 Å². The number of nitrogens with zero attached hydrogens (tertiary/aromatic N) is 1. The van der Waals surface area contributed by atoms with Crippen LogP contribution in [-0.2, 0) is 0 Å². The van der Waals surface area contributed by atoms with E-state index in [2.05, 4.69) is 54.2 Å². The maximum Gasteiger partial charge on any atom is 0.126 e. The van der Waals surface area contributed by atoms with Crippen LogP contribution in [0, 0.1) is 17.8 Å². The van der Waals surface area contributed by atoms with Gasteiger partial charge in [0.25, 0.3) is 0 Å². The predicted octanol–water partition coefficient (Wildman–Crippen LogP) is 3.65. The summed E-state index contributed by atoms with van der Waals surface area (Å²) in [4.78, 5) is 0. The topological polar surface area (TPSA) is 15.3 Å². The fourth-order valence-corrected chi connectivity index (χ4v) is 9.82. The molecule has 118 valence electrons. The maximum absolute atomic E-state index is 3.53. The maximum atomic E-state index is 3.53. The van der Waals surface area contributed by atoms with Gasteiger partial charge in [-0.2, -0.15) is 0 Å². The Hall–Kier alpha value is -0.383. The van der Waals surface area contributed by atoms with Gasteiger partial charge in [0.15, 0.2) is 0 Å². The minimum absolute atomic E-state index is 0.822. The second-order valence-corrected chi connectivity index (χ2v) is 12.3. The molecule has 4 unspecified atom stereocenters. The highest BCUT2D eigenvalue weighted by molar-refractivity contribution is 6.76. The first kappa shape index (κ1) is 15.5. The summed E-state index contributed by atoms with van der Waals surface area (Å²) in [5.41, 5.74) is 0.946. The lowest BCUT2D eigenvalue weighted by atomic mass is 9.92. The molecule has 0 amide bonds. The van der Waals surface area contributed by atoms with Crippen molar-refractivity contribution >= 4 is 8.24 Å². The summed E-state index contributed by atoms with van der Waals surface area (Å²) in [5, 5.41) is 3.53. The van der Waals surface area contributed by atoms with Crippen molar-refractivity contribution in [1.29, 1.82) is 0 Å². The van der Waals surface area contributed by atoms with Crippen molar-refractivity contribution in [2.45, 2.75) is 44.8 Å². The molecule has 1 saturated carbocycles. The lowest BCUT2D eigenvalue weighted by Crippen LogP contribution is -2.60. The summed E-state index contributed by atoms with van der Waals surface area (Å²) in [6, 6.07) is 0. The highest BCUT2D eigenvalue weighted by atomic mass is 28.3. The lowest BCUT2D eigenvalue weighted by molar-refractivity contribution is 0.336. The molecule has 0 aromatic heterocycles. The van der Waals surface area contributed by atoms with Gasteiger partial charge in [-0.25, -0.2) is 0 Å². The molecule has 1 N–H and O–H groups in total. The van der Waals surface area contributed by atoms with E-state index in [1.807, 2.05) is 0 Å². The van der Waals surface area contributed by atoms with Crippen molar-refractivity contribution < 1.29 is 0 Å². The molecule has 4 atom stereocenters. The molecule has 2 nitrogen and oxygen atoms in total. The molecule has 1 heterocycles. The third-order valence-corrected chi connectivity index (χ3v) is 10.8. The van der Waals surface area contributed by atoms with Crippen LogP contribution in [-0.4, -0.2) is 39.0 Å². The first-order valence-corrected chi connectivity index (χ1v) is 12.0. The second kappa shape index (κ2) is 6.39. The number of nitrogens with one attached hydrogen (secondary N) is 1. The van der Waals surface area contributed by atoms with E-state index in [9.17, 15) is 0 Å². The van der Waals surface area contributed by atoms with E-state index >= 15 is 0 Å². The van der Waals surface area contributed by atoms with Gasteiger partial charge in [-0.3, -0.25) is 0 Å². The minimum Gasteiger partial charge on any atom is -0.321 e. The van der Waals surface area contributed by atoms with Gasteiger partial charge >= 0.3 is 0 Å². The molecule has 0 spiro atoms. The third kappa shape index (κ3) is 2.93. The molecule has 3 aliphatic rings. The largest absolute Gasteiger partial charge is 0.321 e. The number of rotatable bonds is 4. The summed E-state index contributed by atoms with van der Waals surface area (Å²) in [5.74, 6) is 2.60. The fourth-order valence-electron chi connectivity index (χ4n) is 5.27. The number of fused-ring (bicyclic) bond motifs is 1. The van der Waals surface area contributed by atoms with Crippen molar-refractivity contribution in [3.8, 4) is 0 Å². The molecule has 0 aromatic rings. The Morgan fingerprint density at radius 1 is 1.14 bits per heavy atom. The van der Waals surface area contributed by atoms with Crippen LogP contribution in [0.5, 0.6) is 0 Å². The average Bonchev–Trinajstić information content (AvgIpc) is 2.87. The molecule has 1 aliphatic heterocycles. The molecule has 1 saturated heterocycles. The van der Waals surface area contributed by atoms with Gasteiger partial charge in [0.1, 0.15) is 8.24 Å². The minimum atomic E-state index is -1.37. The van der Waals surface area contributed by atoms with Gasteiger partial charge < -0.3 is 9.88 Å². The first-order chi connectivity index (χ1) is 10.1. The molecule has 21 heavy (non-hydrogen) atoms. The van der Waals surface area contributed by atoms with Crippen LogP contribution >= 0.6 is 0 Å². The molecule has 3 rings (SSSR count). The Bertz CT molecular complexity index is 409. The van der Waals surface area contributed by atoms with Crippen LogP contribution in [0.25, 0.3) is 0 Å². The van der Waals surface area contributed by atoms with E-state index in [0.717, 1.165) is 23.3 Å².